The lowest BCUT2D eigenvalue weighted by molar-refractivity contribution is 0.282. The maximum absolute atomic E-state index is 5.64. The second kappa shape index (κ2) is 17.1. The summed E-state index contributed by atoms with van der Waals surface area (Å²) in [7, 11) is 0. The van der Waals surface area contributed by atoms with Crippen LogP contribution in [0.15, 0.2) is 12.5 Å². The van der Waals surface area contributed by atoms with Gasteiger partial charge in [-0.05, 0) is 6.42 Å². The van der Waals surface area contributed by atoms with Gasteiger partial charge in [-0.1, -0.05) is 116 Å². The molecule has 1 N–H and O–H groups in total. The number of nitrogens with one attached hydrogen (secondary N) is 1. The fourth-order valence-corrected chi connectivity index (χ4v) is 3.96. The van der Waals surface area contributed by atoms with Crippen LogP contribution in [0.5, 0.6) is 6.01 Å². The first-order valence-corrected chi connectivity index (χ1v) is 12.7. The van der Waals surface area contributed by atoms with Crippen molar-refractivity contribution in [3.63, 3.8) is 0 Å². The maximum Gasteiger partial charge on any atom is 0.318 e. The summed E-state index contributed by atoms with van der Waals surface area (Å²) in [5, 5.41) is 0. The third kappa shape index (κ3) is 11.5. The molecule has 0 saturated heterocycles. The highest BCUT2D eigenvalue weighted by Gasteiger charge is 2.02. The second-order valence-electron chi connectivity index (χ2n) is 8.65. The number of aromatic amines is 1. The zero-order chi connectivity index (χ0) is 21.1. The highest BCUT2D eigenvalue weighted by atomic mass is 16.5. The quantitative estimate of drug-likeness (QED) is 0.224. The summed E-state index contributed by atoms with van der Waals surface area (Å²) in [6, 6.07) is 0.432. The van der Waals surface area contributed by atoms with Gasteiger partial charge in [-0.2, -0.15) is 4.98 Å². The van der Waals surface area contributed by atoms with Crippen molar-refractivity contribution in [1.29, 1.82) is 0 Å². The van der Waals surface area contributed by atoms with E-state index in [1.54, 1.807) is 12.5 Å². The van der Waals surface area contributed by atoms with Gasteiger partial charge in [-0.15, -0.1) is 0 Å². The van der Waals surface area contributed by atoms with Crippen molar-refractivity contribution in [3.8, 4) is 6.01 Å². The van der Waals surface area contributed by atoms with Crippen molar-refractivity contribution in [3.05, 3.63) is 12.5 Å². The fraction of sp³-hybridized carbons (Fsp3) is 0.800. The van der Waals surface area contributed by atoms with Gasteiger partial charge in [0.1, 0.15) is 5.52 Å². The second-order valence-corrected chi connectivity index (χ2v) is 8.65. The molecule has 0 saturated carbocycles. The Bertz CT molecular complexity index is 643. The molecule has 0 bridgehead atoms. The van der Waals surface area contributed by atoms with E-state index in [-0.39, 0.29) is 0 Å². The van der Waals surface area contributed by atoms with Gasteiger partial charge in [-0.25, -0.2) is 9.97 Å². The smallest absolute Gasteiger partial charge is 0.318 e. The van der Waals surface area contributed by atoms with Gasteiger partial charge >= 0.3 is 6.01 Å². The van der Waals surface area contributed by atoms with Crippen molar-refractivity contribution in [1.82, 2.24) is 19.9 Å². The van der Waals surface area contributed by atoms with Gasteiger partial charge in [0.25, 0.3) is 0 Å². The van der Waals surface area contributed by atoms with Gasteiger partial charge in [0.2, 0.25) is 0 Å². The van der Waals surface area contributed by atoms with E-state index >= 15 is 0 Å². The topological polar surface area (TPSA) is 63.7 Å². The fourth-order valence-electron chi connectivity index (χ4n) is 3.96. The average molecular weight is 417 g/mol. The lowest BCUT2D eigenvalue weighted by Crippen LogP contribution is -2.01. The van der Waals surface area contributed by atoms with Crippen molar-refractivity contribution in [2.24, 2.45) is 0 Å². The standard InChI is InChI=1S/C25H44N4O/c1-2-3-4-5-6-7-8-9-10-11-12-13-14-15-16-17-18-19-20-30-25-26-21-23-24(29-25)28-22-27-23/h21-22H,2-20H2,1H3,(H,26,27,28,29). The largest absolute Gasteiger partial charge is 0.463 e. The van der Waals surface area contributed by atoms with Gasteiger partial charge in [0.05, 0.1) is 19.1 Å². The number of imidazole rings is 1. The van der Waals surface area contributed by atoms with Crippen LogP contribution in [-0.4, -0.2) is 26.5 Å². The molecule has 2 aromatic rings. The predicted molar refractivity (Wildman–Crippen MR) is 126 cm³/mol. The van der Waals surface area contributed by atoms with Crippen LogP contribution in [-0.2, 0) is 0 Å². The molecular formula is C25H44N4O. The van der Waals surface area contributed by atoms with Crippen LogP contribution in [0.4, 0.5) is 0 Å². The summed E-state index contributed by atoms with van der Waals surface area (Å²) >= 11 is 0. The number of hydrogen-bond acceptors (Lipinski definition) is 4. The van der Waals surface area contributed by atoms with E-state index in [0.717, 1.165) is 11.9 Å². The normalized spacial score (nSPS) is 11.4. The number of aromatic nitrogens is 4. The molecule has 30 heavy (non-hydrogen) atoms. The minimum atomic E-state index is 0.432. The number of H-pyrrole nitrogens is 1. The minimum absolute atomic E-state index is 0.432. The van der Waals surface area contributed by atoms with E-state index in [1.165, 1.54) is 109 Å². The highest BCUT2D eigenvalue weighted by molar-refractivity contribution is 5.68. The molecular weight excluding hydrogens is 372 g/mol. The molecule has 0 aliphatic carbocycles. The molecule has 0 atom stereocenters. The van der Waals surface area contributed by atoms with Crippen molar-refractivity contribution < 1.29 is 4.74 Å². The predicted octanol–water partition coefficient (Wildman–Crippen LogP) is 7.77. The Morgan fingerprint density at radius 1 is 0.667 bits per heavy atom. The lowest BCUT2D eigenvalue weighted by atomic mass is 10.0. The third-order valence-electron chi connectivity index (χ3n) is 5.88. The average Bonchev–Trinajstić information content (AvgIpc) is 3.23. The van der Waals surface area contributed by atoms with E-state index < -0.39 is 0 Å². The number of hydrogen-bond donors (Lipinski definition) is 1. The van der Waals surface area contributed by atoms with Crippen molar-refractivity contribution in [2.45, 2.75) is 122 Å². The molecule has 0 amide bonds. The Hall–Kier alpha value is -1.65. The van der Waals surface area contributed by atoms with Crippen LogP contribution >= 0.6 is 0 Å². The Kier molecular flexibility index (Phi) is 14.0. The number of ether oxygens (including phenoxy) is 1. The molecule has 0 aliphatic heterocycles. The van der Waals surface area contributed by atoms with Gasteiger partial charge < -0.3 is 9.72 Å². The number of unbranched alkanes of at least 4 members (excludes halogenated alkanes) is 17. The third-order valence-corrected chi connectivity index (χ3v) is 5.88. The molecule has 0 radical (unpaired) electrons. The van der Waals surface area contributed by atoms with Crippen LogP contribution < -0.4 is 4.74 Å². The van der Waals surface area contributed by atoms with Crippen molar-refractivity contribution in [2.75, 3.05) is 6.61 Å². The summed E-state index contributed by atoms with van der Waals surface area (Å²) in [5.41, 5.74) is 1.51. The molecule has 2 aromatic heterocycles. The number of nitrogens with zero attached hydrogens (tertiary/aromatic N) is 3. The van der Waals surface area contributed by atoms with Crippen LogP contribution in [0.1, 0.15) is 122 Å². The van der Waals surface area contributed by atoms with Gasteiger partial charge in [-0.3, -0.25) is 0 Å². The number of rotatable bonds is 20. The maximum atomic E-state index is 5.64. The molecule has 0 spiro atoms. The molecule has 0 fully saturated rings. The van der Waals surface area contributed by atoms with Gasteiger partial charge in [0, 0.05) is 0 Å². The first-order chi connectivity index (χ1) is 14.9. The highest BCUT2D eigenvalue weighted by Crippen LogP contribution is 2.14. The molecule has 0 aromatic carbocycles. The summed E-state index contributed by atoms with van der Waals surface area (Å²) in [4.78, 5) is 15.6. The van der Waals surface area contributed by atoms with Crippen LogP contribution in [0.2, 0.25) is 0 Å². The Morgan fingerprint density at radius 2 is 1.17 bits per heavy atom. The van der Waals surface area contributed by atoms with E-state index in [4.69, 9.17) is 4.74 Å². The zero-order valence-electron chi connectivity index (χ0n) is 19.3. The summed E-state index contributed by atoms with van der Waals surface area (Å²) in [6.45, 7) is 2.98. The first kappa shape index (κ1) is 24.6. The SMILES string of the molecule is CCCCCCCCCCCCCCCCCCCCOc1ncc2[nH]cnc2n1. The van der Waals surface area contributed by atoms with Crippen molar-refractivity contribution >= 4 is 11.2 Å². The Labute approximate surface area is 183 Å². The summed E-state index contributed by atoms with van der Waals surface area (Å²) < 4.78 is 5.64. The molecule has 0 unspecified atom stereocenters. The molecule has 5 nitrogen and oxygen atoms in total. The monoisotopic (exact) mass is 416 g/mol. The van der Waals surface area contributed by atoms with E-state index in [9.17, 15) is 0 Å². The molecule has 2 heterocycles. The molecule has 0 aliphatic rings. The van der Waals surface area contributed by atoms with E-state index in [2.05, 4.69) is 26.9 Å². The van der Waals surface area contributed by atoms with Crippen LogP contribution in [0.25, 0.3) is 11.2 Å². The summed E-state index contributed by atoms with van der Waals surface area (Å²) in [5.74, 6) is 0. The number of fused-ring (bicyclic) bond motifs is 1. The minimum Gasteiger partial charge on any atom is -0.463 e. The van der Waals surface area contributed by atoms with Gasteiger partial charge in [0.15, 0.2) is 5.65 Å². The Balaban J connectivity index is 1.27. The zero-order valence-corrected chi connectivity index (χ0v) is 19.3. The van der Waals surface area contributed by atoms with E-state index in [0.29, 0.717) is 18.3 Å². The molecule has 2 rings (SSSR count). The first-order valence-electron chi connectivity index (χ1n) is 12.7. The Morgan fingerprint density at radius 3 is 1.70 bits per heavy atom. The van der Waals surface area contributed by atoms with Crippen LogP contribution in [0, 0.1) is 0 Å². The molecule has 5 heteroatoms. The van der Waals surface area contributed by atoms with E-state index in [1.807, 2.05) is 0 Å². The molecule has 170 valence electrons. The summed E-state index contributed by atoms with van der Waals surface area (Å²) in [6.07, 6.45) is 28.4. The van der Waals surface area contributed by atoms with Crippen LogP contribution in [0.3, 0.4) is 0 Å². The lowest BCUT2D eigenvalue weighted by Gasteiger charge is -2.05.